The van der Waals surface area contributed by atoms with Crippen LogP contribution >= 0.6 is 23.8 Å². The van der Waals surface area contributed by atoms with Gasteiger partial charge in [-0.3, -0.25) is 0 Å². The summed E-state index contributed by atoms with van der Waals surface area (Å²) in [6, 6.07) is 3.56. The molecular formula is C15H16ClFN2O2S. The third-order valence-corrected chi connectivity index (χ3v) is 3.67. The Kier molecular flexibility index (Phi) is 5.03. The molecule has 118 valence electrons. The molecule has 2 rings (SSSR count). The first-order valence-corrected chi connectivity index (χ1v) is 7.53. The van der Waals surface area contributed by atoms with Crippen molar-refractivity contribution in [3.8, 4) is 0 Å². The van der Waals surface area contributed by atoms with Gasteiger partial charge in [0.05, 0.1) is 17.7 Å². The minimum atomic E-state index is -0.798. The first-order valence-electron chi connectivity index (χ1n) is 6.74. The molecule has 1 aromatic rings. The summed E-state index contributed by atoms with van der Waals surface area (Å²) in [6.45, 7) is 5.17. The van der Waals surface area contributed by atoms with Crippen molar-refractivity contribution in [2.45, 2.75) is 32.9 Å². The lowest BCUT2D eigenvalue weighted by Gasteiger charge is -2.30. The molecule has 22 heavy (non-hydrogen) atoms. The van der Waals surface area contributed by atoms with Gasteiger partial charge in [-0.25, -0.2) is 9.18 Å². The van der Waals surface area contributed by atoms with E-state index in [2.05, 4.69) is 10.6 Å². The van der Waals surface area contributed by atoms with Crippen LogP contribution in [0.25, 0.3) is 0 Å². The van der Waals surface area contributed by atoms with Crippen molar-refractivity contribution in [3.05, 3.63) is 45.9 Å². The Morgan fingerprint density at radius 1 is 1.45 bits per heavy atom. The number of nitrogens with one attached hydrogen (secondary N) is 2. The molecule has 0 radical (unpaired) electrons. The van der Waals surface area contributed by atoms with Gasteiger partial charge in [0.15, 0.2) is 5.11 Å². The monoisotopic (exact) mass is 342 g/mol. The minimum Gasteiger partial charge on any atom is -0.459 e. The average Bonchev–Trinajstić information content (AvgIpc) is 2.36. The highest BCUT2D eigenvalue weighted by molar-refractivity contribution is 7.80. The molecule has 2 N–H and O–H groups in total. The highest BCUT2D eigenvalue weighted by Crippen LogP contribution is 2.34. The van der Waals surface area contributed by atoms with Crippen LogP contribution in [0.2, 0.25) is 5.02 Å². The van der Waals surface area contributed by atoms with Crippen LogP contribution in [-0.2, 0) is 9.53 Å². The number of hydrogen-bond donors (Lipinski definition) is 2. The SMILES string of the molecule is CC1=C(C(=O)OC(C)C)C(c2c(F)cccc2Cl)NC(=S)N1. The van der Waals surface area contributed by atoms with E-state index in [4.69, 9.17) is 28.6 Å². The van der Waals surface area contributed by atoms with Crippen molar-refractivity contribution in [2.75, 3.05) is 0 Å². The second-order valence-electron chi connectivity index (χ2n) is 5.16. The van der Waals surface area contributed by atoms with E-state index in [0.717, 1.165) is 0 Å². The Morgan fingerprint density at radius 3 is 2.73 bits per heavy atom. The zero-order chi connectivity index (χ0) is 16.4. The number of allylic oxidation sites excluding steroid dienone is 1. The Morgan fingerprint density at radius 2 is 2.14 bits per heavy atom. The maximum atomic E-state index is 14.2. The number of rotatable bonds is 3. The summed E-state index contributed by atoms with van der Waals surface area (Å²) in [7, 11) is 0. The van der Waals surface area contributed by atoms with Gasteiger partial charge >= 0.3 is 5.97 Å². The summed E-state index contributed by atoms with van der Waals surface area (Å²) in [4.78, 5) is 12.4. The fourth-order valence-corrected chi connectivity index (χ4v) is 2.79. The summed E-state index contributed by atoms with van der Waals surface area (Å²) in [5, 5.41) is 6.25. The molecule has 1 aliphatic heterocycles. The quantitative estimate of drug-likeness (QED) is 0.652. The molecule has 1 heterocycles. The van der Waals surface area contributed by atoms with Crippen LogP contribution in [0.5, 0.6) is 0 Å². The highest BCUT2D eigenvalue weighted by atomic mass is 35.5. The largest absolute Gasteiger partial charge is 0.459 e. The van der Waals surface area contributed by atoms with Gasteiger partial charge in [-0.05, 0) is 45.1 Å². The first kappa shape index (κ1) is 16.7. The van der Waals surface area contributed by atoms with Crippen molar-refractivity contribution < 1.29 is 13.9 Å². The number of thiocarbonyl (C=S) groups is 1. The van der Waals surface area contributed by atoms with Crippen LogP contribution in [0.4, 0.5) is 4.39 Å². The average molecular weight is 343 g/mol. The lowest BCUT2D eigenvalue weighted by Crippen LogP contribution is -2.45. The van der Waals surface area contributed by atoms with Crippen molar-refractivity contribution in [3.63, 3.8) is 0 Å². The molecule has 0 fully saturated rings. The van der Waals surface area contributed by atoms with Gasteiger partial charge in [-0.2, -0.15) is 0 Å². The molecule has 0 aromatic heterocycles. The molecule has 7 heteroatoms. The standard InChI is InChI=1S/C15H16ClFN2O2S/c1-7(2)21-14(20)11-8(3)18-15(22)19-13(11)12-9(16)5-4-6-10(12)17/h4-7,13H,1-3H3,(H2,18,19,22). The Balaban J connectivity index is 2.53. The van der Waals surface area contributed by atoms with Crippen LogP contribution < -0.4 is 10.6 Å². The number of esters is 1. The zero-order valence-corrected chi connectivity index (χ0v) is 13.9. The van der Waals surface area contributed by atoms with E-state index in [9.17, 15) is 9.18 Å². The van der Waals surface area contributed by atoms with Gasteiger partial charge in [-0.1, -0.05) is 17.7 Å². The van der Waals surface area contributed by atoms with E-state index in [1.807, 2.05) is 0 Å². The van der Waals surface area contributed by atoms with Crippen LogP contribution in [0, 0.1) is 5.82 Å². The minimum absolute atomic E-state index is 0.170. The third kappa shape index (κ3) is 3.39. The van der Waals surface area contributed by atoms with Crippen LogP contribution in [-0.4, -0.2) is 17.2 Å². The second-order valence-corrected chi connectivity index (χ2v) is 5.97. The summed E-state index contributed by atoms with van der Waals surface area (Å²) in [6.07, 6.45) is -0.293. The third-order valence-electron chi connectivity index (χ3n) is 3.12. The van der Waals surface area contributed by atoms with E-state index >= 15 is 0 Å². The first-order chi connectivity index (χ1) is 10.3. The fraction of sp³-hybridized carbons (Fsp3) is 0.333. The molecular weight excluding hydrogens is 327 g/mol. The van der Waals surface area contributed by atoms with Crippen LogP contribution in [0.1, 0.15) is 32.4 Å². The number of hydrogen-bond acceptors (Lipinski definition) is 3. The molecule has 0 aliphatic carbocycles. The van der Waals surface area contributed by atoms with E-state index in [-0.39, 0.29) is 22.3 Å². The summed E-state index contributed by atoms with van der Waals surface area (Å²) >= 11 is 11.2. The van der Waals surface area contributed by atoms with Crippen molar-refractivity contribution in [1.29, 1.82) is 0 Å². The Hall–Kier alpha value is -1.66. The Bertz CT molecular complexity index is 641. The molecule has 1 atom stereocenters. The van der Waals surface area contributed by atoms with Gasteiger partial charge < -0.3 is 15.4 Å². The number of halogens is 2. The highest BCUT2D eigenvalue weighted by Gasteiger charge is 2.34. The van der Waals surface area contributed by atoms with E-state index in [1.54, 1.807) is 26.8 Å². The van der Waals surface area contributed by atoms with Crippen molar-refractivity contribution >= 4 is 34.9 Å². The second kappa shape index (κ2) is 6.62. The van der Waals surface area contributed by atoms with Crippen LogP contribution in [0.3, 0.4) is 0 Å². The van der Waals surface area contributed by atoms with Gasteiger partial charge in [0.25, 0.3) is 0 Å². The van der Waals surface area contributed by atoms with E-state index in [0.29, 0.717) is 10.8 Å². The van der Waals surface area contributed by atoms with Gasteiger partial charge in [0, 0.05) is 16.3 Å². The predicted octanol–water partition coefficient (Wildman–Crippen LogP) is 3.22. The zero-order valence-electron chi connectivity index (χ0n) is 12.4. The van der Waals surface area contributed by atoms with Gasteiger partial charge in [0.2, 0.25) is 0 Å². The lowest BCUT2D eigenvalue weighted by molar-refractivity contribution is -0.143. The number of benzene rings is 1. The number of carbonyl (C=O) groups excluding carboxylic acids is 1. The molecule has 1 aliphatic rings. The maximum Gasteiger partial charge on any atom is 0.338 e. The predicted molar refractivity (Wildman–Crippen MR) is 86.9 cm³/mol. The molecule has 0 saturated heterocycles. The maximum absolute atomic E-state index is 14.2. The van der Waals surface area contributed by atoms with Gasteiger partial charge in [0.1, 0.15) is 5.82 Å². The number of carbonyl (C=O) groups is 1. The molecule has 4 nitrogen and oxygen atoms in total. The number of ether oxygens (including phenoxy) is 1. The fourth-order valence-electron chi connectivity index (χ4n) is 2.24. The topological polar surface area (TPSA) is 50.4 Å². The smallest absolute Gasteiger partial charge is 0.338 e. The molecule has 0 saturated carbocycles. The van der Waals surface area contributed by atoms with E-state index < -0.39 is 17.8 Å². The molecule has 0 bridgehead atoms. The van der Waals surface area contributed by atoms with Crippen molar-refractivity contribution in [1.82, 2.24) is 10.6 Å². The summed E-state index contributed by atoms with van der Waals surface area (Å²) in [5.41, 5.74) is 0.941. The van der Waals surface area contributed by atoms with Crippen molar-refractivity contribution in [2.24, 2.45) is 0 Å². The summed E-state index contributed by atoms with van der Waals surface area (Å²) in [5.74, 6) is -1.06. The lowest BCUT2D eigenvalue weighted by atomic mass is 9.95. The summed E-state index contributed by atoms with van der Waals surface area (Å²) < 4.78 is 19.5. The normalized spacial score (nSPS) is 18.1. The molecule has 1 aromatic carbocycles. The molecule has 0 amide bonds. The molecule has 1 unspecified atom stereocenters. The Labute approximate surface area is 138 Å². The van der Waals surface area contributed by atoms with Crippen LogP contribution in [0.15, 0.2) is 29.5 Å². The van der Waals surface area contributed by atoms with E-state index in [1.165, 1.54) is 12.1 Å². The van der Waals surface area contributed by atoms with Gasteiger partial charge in [-0.15, -0.1) is 0 Å². The molecule has 0 spiro atoms.